The first kappa shape index (κ1) is 18.6. The largest absolute Gasteiger partial charge is 0.384 e. The minimum absolute atomic E-state index is 0.213. The first-order valence-corrected chi connectivity index (χ1v) is 8.28. The molecule has 0 radical (unpaired) electrons. The molecular weight excluding hydrogens is 268 g/mol. The zero-order valence-electron chi connectivity index (χ0n) is 13.8. The predicted octanol–water partition coefficient (Wildman–Crippen LogP) is 3.08. The summed E-state index contributed by atoms with van der Waals surface area (Å²) in [6.07, 6.45) is 5.46. The third kappa shape index (κ3) is 5.06. The van der Waals surface area contributed by atoms with Crippen LogP contribution in [0.25, 0.3) is 0 Å². The molecule has 1 saturated heterocycles. The van der Waals surface area contributed by atoms with Crippen LogP contribution in [0.4, 0.5) is 0 Å². The van der Waals surface area contributed by atoms with Crippen molar-refractivity contribution in [3.63, 3.8) is 0 Å². The number of hydrogen-bond acceptors (Lipinski definition) is 4. The maximum atomic E-state index is 11.0. The second-order valence-corrected chi connectivity index (χ2v) is 5.87. The summed E-state index contributed by atoms with van der Waals surface area (Å²) in [5.74, 6) is 0. The van der Waals surface area contributed by atoms with Crippen molar-refractivity contribution in [2.75, 3.05) is 19.8 Å². The van der Waals surface area contributed by atoms with Gasteiger partial charge in [0.1, 0.15) is 17.8 Å². The second-order valence-electron chi connectivity index (χ2n) is 5.87. The van der Waals surface area contributed by atoms with E-state index in [4.69, 9.17) is 14.2 Å². The van der Waals surface area contributed by atoms with Crippen LogP contribution in [-0.4, -0.2) is 48.8 Å². The quantitative estimate of drug-likeness (QED) is 0.497. The SMILES string of the molecule is C=CC[C@]1(O)C(C)OCC(OCCCC)C1OCCCC. The number of hydrogen-bond donors (Lipinski definition) is 1. The van der Waals surface area contributed by atoms with Crippen LogP contribution in [0.15, 0.2) is 12.7 Å². The van der Waals surface area contributed by atoms with Crippen LogP contribution < -0.4 is 0 Å². The lowest BCUT2D eigenvalue weighted by Gasteiger charge is -2.47. The molecule has 4 nitrogen and oxygen atoms in total. The lowest BCUT2D eigenvalue weighted by Crippen LogP contribution is -2.63. The maximum Gasteiger partial charge on any atom is 0.122 e. The highest BCUT2D eigenvalue weighted by molar-refractivity contribution is 5.03. The van der Waals surface area contributed by atoms with Crippen molar-refractivity contribution < 1.29 is 19.3 Å². The van der Waals surface area contributed by atoms with E-state index in [1.165, 1.54) is 0 Å². The Labute approximate surface area is 129 Å². The molecule has 0 spiro atoms. The van der Waals surface area contributed by atoms with Gasteiger partial charge in [0, 0.05) is 13.2 Å². The number of ether oxygens (including phenoxy) is 3. The van der Waals surface area contributed by atoms with E-state index in [1.807, 2.05) is 6.92 Å². The van der Waals surface area contributed by atoms with Crippen molar-refractivity contribution in [3.05, 3.63) is 12.7 Å². The fourth-order valence-corrected chi connectivity index (χ4v) is 2.66. The highest BCUT2D eigenvalue weighted by Crippen LogP contribution is 2.33. The number of unbranched alkanes of at least 4 members (excludes halogenated alkanes) is 2. The molecule has 1 rings (SSSR count). The lowest BCUT2D eigenvalue weighted by molar-refractivity contribution is -0.259. The van der Waals surface area contributed by atoms with Gasteiger partial charge >= 0.3 is 0 Å². The van der Waals surface area contributed by atoms with E-state index >= 15 is 0 Å². The Bertz CT molecular complexity index is 295. The number of aliphatic hydroxyl groups is 1. The van der Waals surface area contributed by atoms with Crippen molar-refractivity contribution in [2.45, 2.75) is 76.8 Å². The smallest absolute Gasteiger partial charge is 0.122 e. The predicted molar refractivity (Wildman–Crippen MR) is 84.5 cm³/mol. The summed E-state index contributed by atoms with van der Waals surface area (Å²) >= 11 is 0. The van der Waals surface area contributed by atoms with Crippen LogP contribution in [0.2, 0.25) is 0 Å². The van der Waals surface area contributed by atoms with Crippen molar-refractivity contribution >= 4 is 0 Å². The summed E-state index contributed by atoms with van der Waals surface area (Å²) < 4.78 is 17.6. The molecule has 0 amide bonds. The van der Waals surface area contributed by atoms with Crippen LogP contribution >= 0.6 is 0 Å². The molecule has 0 aromatic rings. The first-order chi connectivity index (χ1) is 10.1. The molecule has 1 aliphatic rings. The van der Waals surface area contributed by atoms with Crippen LogP contribution in [0.3, 0.4) is 0 Å². The van der Waals surface area contributed by atoms with Crippen molar-refractivity contribution in [1.82, 2.24) is 0 Å². The molecule has 0 aliphatic carbocycles. The number of rotatable bonds is 10. The summed E-state index contributed by atoms with van der Waals surface area (Å²) in [5, 5.41) is 11.0. The van der Waals surface area contributed by atoms with Crippen LogP contribution in [-0.2, 0) is 14.2 Å². The summed E-state index contributed by atoms with van der Waals surface area (Å²) in [6, 6.07) is 0. The summed E-state index contributed by atoms with van der Waals surface area (Å²) in [5.41, 5.74) is -1.06. The van der Waals surface area contributed by atoms with Crippen LogP contribution in [0.5, 0.6) is 0 Å². The van der Waals surface area contributed by atoms with Gasteiger partial charge in [-0.3, -0.25) is 0 Å². The van der Waals surface area contributed by atoms with Gasteiger partial charge < -0.3 is 19.3 Å². The van der Waals surface area contributed by atoms with Gasteiger partial charge in [0.25, 0.3) is 0 Å². The monoisotopic (exact) mass is 300 g/mol. The van der Waals surface area contributed by atoms with Crippen LogP contribution in [0, 0.1) is 0 Å². The van der Waals surface area contributed by atoms with E-state index in [2.05, 4.69) is 20.4 Å². The van der Waals surface area contributed by atoms with Crippen molar-refractivity contribution in [1.29, 1.82) is 0 Å². The Kier molecular flexibility index (Phi) is 8.49. The Balaban J connectivity index is 2.77. The topological polar surface area (TPSA) is 47.9 Å². The fourth-order valence-electron chi connectivity index (χ4n) is 2.66. The van der Waals surface area contributed by atoms with Gasteiger partial charge in [0.15, 0.2) is 0 Å². The second kappa shape index (κ2) is 9.57. The zero-order valence-corrected chi connectivity index (χ0v) is 13.8. The molecule has 21 heavy (non-hydrogen) atoms. The molecular formula is C17H32O4. The van der Waals surface area contributed by atoms with E-state index in [9.17, 15) is 5.11 Å². The third-order valence-corrected chi connectivity index (χ3v) is 4.14. The van der Waals surface area contributed by atoms with Crippen molar-refractivity contribution in [3.8, 4) is 0 Å². The molecule has 124 valence electrons. The molecule has 3 unspecified atom stereocenters. The van der Waals surface area contributed by atoms with E-state index in [-0.39, 0.29) is 18.3 Å². The molecule has 1 N–H and O–H groups in total. The molecule has 0 aromatic carbocycles. The van der Waals surface area contributed by atoms with Gasteiger partial charge in [-0.25, -0.2) is 0 Å². The van der Waals surface area contributed by atoms with Gasteiger partial charge in [0.2, 0.25) is 0 Å². The minimum atomic E-state index is -1.06. The summed E-state index contributed by atoms with van der Waals surface area (Å²) in [6.45, 7) is 11.7. The zero-order chi connectivity index (χ0) is 15.7. The minimum Gasteiger partial charge on any atom is -0.384 e. The molecule has 1 aliphatic heterocycles. The standard InChI is InChI=1S/C17H32O4/c1-5-8-11-19-15-13-21-14(4)17(18,10-7-3)16(15)20-12-9-6-2/h7,14-16,18H,3,5-6,8-13H2,1-2,4H3/t14?,15?,16?,17-/m0/s1. The van der Waals surface area contributed by atoms with Gasteiger partial charge in [-0.2, -0.15) is 0 Å². The molecule has 0 saturated carbocycles. The molecule has 0 aromatic heterocycles. The Morgan fingerprint density at radius 2 is 1.86 bits per heavy atom. The average molecular weight is 300 g/mol. The molecule has 4 atom stereocenters. The molecule has 1 fully saturated rings. The lowest BCUT2D eigenvalue weighted by atomic mass is 9.82. The van der Waals surface area contributed by atoms with Crippen LogP contribution in [0.1, 0.15) is 52.9 Å². The first-order valence-electron chi connectivity index (χ1n) is 8.28. The van der Waals surface area contributed by atoms with E-state index in [0.717, 1.165) is 25.7 Å². The van der Waals surface area contributed by atoms with Crippen molar-refractivity contribution in [2.24, 2.45) is 0 Å². The van der Waals surface area contributed by atoms with E-state index in [1.54, 1.807) is 6.08 Å². The van der Waals surface area contributed by atoms with Gasteiger partial charge in [-0.1, -0.05) is 32.8 Å². The summed E-state index contributed by atoms with van der Waals surface area (Å²) in [7, 11) is 0. The highest BCUT2D eigenvalue weighted by Gasteiger charge is 2.50. The highest BCUT2D eigenvalue weighted by atomic mass is 16.6. The van der Waals surface area contributed by atoms with E-state index in [0.29, 0.717) is 26.2 Å². The normalized spacial score (nSPS) is 33.0. The third-order valence-electron chi connectivity index (χ3n) is 4.14. The Morgan fingerprint density at radius 1 is 1.24 bits per heavy atom. The van der Waals surface area contributed by atoms with Gasteiger partial charge in [-0.05, 0) is 26.2 Å². The summed E-state index contributed by atoms with van der Waals surface area (Å²) in [4.78, 5) is 0. The molecule has 0 bridgehead atoms. The molecule has 4 heteroatoms. The van der Waals surface area contributed by atoms with Gasteiger partial charge in [-0.15, -0.1) is 6.58 Å². The maximum absolute atomic E-state index is 11.0. The van der Waals surface area contributed by atoms with E-state index < -0.39 is 5.60 Å². The Morgan fingerprint density at radius 3 is 2.43 bits per heavy atom. The Hall–Kier alpha value is -0.420. The average Bonchev–Trinajstić information content (AvgIpc) is 2.46. The molecule has 1 heterocycles. The fraction of sp³-hybridized carbons (Fsp3) is 0.882. The van der Waals surface area contributed by atoms with Gasteiger partial charge in [0.05, 0.1) is 12.7 Å².